The summed E-state index contributed by atoms with van der Waals surface area (Å²) in [6.07, 6.45) is 4.43. The van der Waals surface area contributed by atoms with E-state index >= 15 is 0 Å². The number of alkyl carbamates (subject to hydrolysis) is 1. The van der Waals surface area contributed by atoms with Gasteiger partial charge in [0.25, 0.3) is 0 Å². The summed E-state index contributed by atoms with van der Waals surface area (Å²) in [5.74, 6) is 2.12. The summed E-state index contributed by atoms with van der Waals surface area (Å²) in [4.78, 5) is 27.3. The van der Waals surface area contributed by atoms with Crippen LogP contribution in [0.3, 0.4) is 0 Å². The highest BCUT2D eigenvalue weighted by Gasteiger charge is 2.33. The molecule has 166 valence electrons. The van der Waals surface area contributed by atoms with Crippen molar-refractivity contribution in [2.75, 3.05) is 23.5 Å². The molecule has 2 amide bonds. The Morgan fingerprint density at radius 1 is 1.17 bits per heavy atom. The highest BCUT2D eigenvalue weighted by molar-refractivity contribution is 7.99. The minimum absolute atomic E-state index is 0.0235. The third-order valence-corrected chi connectivity index (χ3v) is 6.58. The lowest BCUT2D eigenvalue weighted by molar-refractivity contribution is -0.132. The van der Waals surface area contributed by atoms with Crippen LogP contribution in [-0.2, 0) is 9.53 Å². The topological polar surface area (TPSA) is 70.7 Å². The molecule has 2 aliphatic rings. The lowest BCUT2D eigenvalue weighted by Gasteiger charge is -2.33. The SMILES string of the molecule is CC(C)(C)OC(=O)N[C@@H](CC1CCC(Nc2ccccc2)CC1)C(=O)N1CCSC1. The molecule has 1 aliphatic carbocycles. The van der Waals surface area contributed by atoms with E-state index in [0.717, 1.165) is 43.7 Å². The van der Waals surface area contributed by atoms with Crippen LogP contribution in [0.25, 0.3) is 0 Å². The minimum atomic E-state index is -0.581. The van der Waals surface area contributed by atoms with Crippen LogP contribution >= 0.6 is 11.8 Å². The molecule has 6 nitrogen and oxygen atoms in total. The van der Waals surface area contributed by atoms with Gasteiger partial charge in [-0.05, 0) is 70.9 Å². The maximum absolute atomic E-state index is 13.1. The molecule has 1 saturated heterocycles. The van der Waals surface area contributed by atoms with Crippen LogP contribution in [0, 0.1) is 5.92 Å². The Kier molecular flexibility index (Phi) is 7.92. The molecule has 30 heavy (non-hydrogen) atoms. The first-order chi connectivity index (χ1) is 14.3. The number of hydrogen-bond acceptors (Lipinski definition) is 5. The molecule has 0 spiro atoms. The van der Waals surface area contributed by atoms with Gasteiger partial charge < -0.3 is 20.3 Å². The Morgan fingerprint density at radius 2 is 1.87 bits per heavy atom. The molecule has 7 heteroatoms. The van der Waals surface area contributed by atoms with Gasteiger partial charge in [-0.15, -0.1) is 11.8 Å². The molecule has 1 aliphatic heterocycles. The Balaban J connectivity index is 1.54. The zero-order valence-electron chi connectivity index (χ0n) is 18.4. The maximum atomic E-state index is 13.1. The van der Waals surface area contributed by atoms with Gasteiger partial charge in [0.1, 0.15) is 11.6 Å². The second kappa shape index (κ2) is 10.4. The number of carbonyl (C=O) groups is 2. The number of para-hydroxylation sites is 1. The van der Waals surface area contributed by atoms with E-state index < -0.39 is 17.7 Å². The van der Waals surface area contributed by atoms with Gasteiger partial charge in [-0.3, -0.25) is 4.79 Å². The van der Waals surface area contributed by atoms with Gasteiger partial charge >= 0.3 is 6.09 Å². The van der Waals surface area contributed by atoms with Gasteiger partial charge in [0, 0.05) is 24.0 Å². The van der Waals surface area contributed by atoms with Gasteiger partial charge in [0.2, 0.25) is 5.91 Å². The molecule has 0 aromatic heterocycles. The summed E-state index contributed by atoms with van der Waals surface area (Å²) in [7, 11) is 0. The Hall–Kier alpha value is -1.89. The van der Waals surface area contributed by atoms with Crippen molar-refractivity contribution in [3.05, 3.63) is 30.3 Å². The summed E-state index contributed by atoms with van der Waals surface area (Å²) in [6.45, 7) is 6.26. The number of nitrogens with one attached hydrogen (secondary N) is 2. The summed E-state index contributed by atoms with van der Waals surface area (Å²) in [5.41, 5.74) is 0.578. The highest BCUT2D eigenvalue weighted by atomic mass is 32.2. The third-order valence-electron chi connectivity index (χ3n) is 5.61. The van der Waals surface area contributed by atoms with Crippen LogP contribution < -0.4 is 10.6 Å². The molecular weight excluding hydrogens is 398 g/mol. The molecule has 1 atom stereocenters. The number of carbonyl (C=O) groups excluding carboxylic acids is 2. The lowest BCUT2D eigenvalue weighted by Crippen LogP contribution is -2.50. The largest absolute Gasteiger partial charge is 0.444 e. The highest BCUT2D eigenvalue weighted by Crippen LogP contribution is 2.30. The normalized spacial score (nSPS) is 23.0. The molecule has 2 N–H and O–H groups in total. The Labute approximate surface area is 184 Å². The number of benzene rings is 1. The molecule has 1 aromatic carbocycles. The van der Waals surface area contributed by atoms with Crippen LogP contribution in [0.1, 0.15) is 52.9 Å². The molecule has 0 radical (unpaired) electrons. The van der Waals surface area contributed by atoms with Gasteiger partial charge in [0.05, 0.1) is 5.88 Å². The first kappa shape index (κ1) is 22.8. The number of hydrogen-bond donors (Lipinski definition) is 2. The maximum Gasteiger partial charge on any atom is 0.408 e. The van der Waals surface area contributed by atoms with Crippen molar-refractivity contribution in [3.63, 3.8) is 0 Å². The van der Waals surface area contributed by atoms with E-state index in [1.54, 1.807) is 11.8 Å². The van der Waals surface area contributed by atoms with Crippen molar-refractivity contribution >= 4 is 29.4 Å². The molecule has 2 fully saturated rings. The second-order valence-electron chi connectivity index (χ2n) is 9.30. The third kappa shape index (κ3) is 7.11. The summed E-state index contributed by atoms with van der Waals surface area (Å²) < 4.78 is 5.42. The molecule has 1 heterocycles. The van der Waals surface area contributed by atoms with Crippen LogP contribution in [0.4, 0.5) is 10.5 Å². The van der Waals surface area contributed by atoms with E-state index in [-0.39, 0.29) is 5.91 Å². The summed E-state index contributed by atoms with van der Waals surface area (Å²) >= 11 is 1.76. The summed E-state index contributed by atoms with van der Waals surface area (Å²) in [6, 6.07) is 10.3. The molecule has 0 unspecified atom stereocenters. The monoisotopic (exact) mass is 433 g/mol. The number of thioether (sulfide) groups is 1. The molecular formula is C23H35N3O3S. The average Bonchev–Trinajstić information content (AvgIpc) is 3.22. The lowest BCUT2D eigenvalue weighted by atomic mass is 9.82. The Morgan fingerprint density at radius 3 is 2.47 bits per heavy atom. The smallest absolute Gasteiger partial charge is 0.408 e. The Bertz CT molecular complexity index is 693. The van der Waals surface area contributed by atoms with Crippen LogP contribution in [-0.4, -0.2) is 52.8 Å². The fourth-order valence-corrected chi connectivity index (χ4v) is 5.08. The predicted molar refractivity (Wildman–Crippen MR) is 123 cm³/mol. The van der Waals surface area contributed by atoms with Crippen molar-refractivity contribution in [2.45, 2.75) is 70.6 Å². The average molecular weight is 434 g/mol. The van der Waals surface area contributed by atoms with Crippen LogP contribution in [0.2, 0.25) is 0 Å². The number of amides is 2. The van der Waals surface area contributed by atoms with E-state index in [1.165, 1.54) is 0 Å². The molecule has 3 rings (SSSR count). The van der Waals surface area contributed by atoms with Crippen LogP contribution in [0.15, 0.2) is 30.3 Å². The quantitative estimate of drug-likeness (QED) is 0.692. The van der Waals surface area contributed by atoms with Gasteiger partial charge in [-0.25, -0.2) is 4.79 Å². The van der Waals surface area contributed by atoms with Crippen molar-refractivity contribution < 1.29 is 14.3 Å². The van der Waals surface area contributed by atoms with Gasteiger partial charge in [-0.1, -0.05) is 18.2 Å². The molecule has 1 aromatic rings. The standard InChI is InChI=1S/C23H35N3O3S/c1-23(2,3)29-22(28)25-20(21(27)26-13-14-30-16-26)15-17-9-11-19(12-10-17)24-18-7-5-4-6-8-18/h4-8,17,19-20,24H,9-16H2,1-3H3,(H,25,28)/t17?,19?,20-/m0/s1. The van der Waals surface area contributed by atoms with Crippen molar-refractivity contribution in [3.8, 4) is 0 Å². The number of nitrogens with zero attached hydrogens (tertiary/aromatic N) is 1. The molecule has 1 saturated carbocycles. The van der Waals surface area contributed by atoms with Crippen molar-refractivity contribution in [2.24, 2.45) is 5.92 Å². The second-order valence-corrected chi connectivity index (χ2v) is 10.4. The molecule has 0 bridgehead atoms. The zero-order valence-corrected chi connectivity index (χ0v) is 19.2. The van der Waals surface area contributed by atoms with E-state index in [2.05, 4.69) is 22.8 Å². The number of rotatable bonds is 6. The fraction of sp³-hybridized carbons (Fsp3) is 0.652. The first-order valence-corrected chi connectivity index (χ1v) is 12.1. The van der Waals surface area contributed by atoms with E-state index in [1.807, 2.05) is 43.9 Å². The minimum Gasteiger partial charge on any atom is -0.444 e. The van der Waals surface area contributed by atoms with Gasteiger partial charge in [-0.2, -0.15) is 0 Å². The number of ether oxygens (including phenoxy) is 1. The zero-order chi connectivity index (χ0) is 21.6. The van der Waals surface area contributed by atoms with E-state index in [9.17, 15) is 9.59 Å². The predicted octanol–water partition coefficient (Wildman–Crippen LogP) is 4.47. The van der Waals surface area contributed by atoms with E-state index in [0.29, 0.717) is 24.3 Å². The fourth-order valence-electron chi connectivity index (χ4n) is 4.13. The van der Waals surface area contributed by atoms with Crippen molar-refractivity contribution in [1.82, 2.24) is 10.2 Å². The van der Waals surface area contributed by atoms with E-state index in [4.69, 9.17) is 4.74 Å². The summed E-state index contributed by atoms with van der Waals surface area (Å²) in [5, 5.41) is 6.48. The van der Waals surface area contributed by atoms with Crippen LogP contribution in [0.5, 0.6) is 0 Å². The number of anilines is 1. The van der Waals surface area contributed by atoms with Gasteiger partial charge in [0.15, 0.2) is 0 Å². The van der Waals surface area contributed by atoms with Crippen molar-refractivity contribution in [1.29, 1.82) is 0 Å². The first-order valence-electron chi connectivity index (χ1n) is 11.0.